The van der Waals surface area contributed by atoms with Gasteiger partial charge in [-0.2, -0.15) is 0 Å². The number of hydrogen-bond donors (Lipinski definition) is 2. The molecule has 4 nitrogen and oxygen atoms in total. The summed E-state index contributed by atoms with van der Waals surface area (Å²) >= 11 is 6.21. The number of rotatable bonds is 6. The topological polar surface area (TPSA) is 58.4 Å². The number of nitrogens with one attached hydrogen (secondary N) is 1. The Morgan fingerprint density at radius 3 is 2.35 bits per heavy atom. The van der Waals surface area contributed by atoms with Crippen LogP contribution in [0.5, 0.6) is 0 Å². The van der Waals surface area contributed by atoms with Crippen molar-refractivity contribution in [1.82, 2.24) is 0 Å². The van der Waals surface area contributed by atoms with Crippen molar-refractivity contribution in [3.8, 4) is 0 Å². The number of carbonyl (C=O) groups is 1. The highest BCUT2D eigenvalue weighted by Crippen LogP contribution is 2.30. The van der Waals surface area contributed by atoms with Gasteiger partial charge in [-0.3, -0.25) is 4.79 Å². The highest BCUT2D eigenvalue weighted by atomic mass is 35.5. The SMILES string of the molecule is CCC(CC)(CN)C(=O)Nc1ccc(N(C)C)c(Cl)c1. The normalized spacial score (nSPS) is 11.3. The molecule has 1 rings (SSSR count). The first-order valence-electron chi connectivity index (χ1n) is 6.88. The van der Waals surface area contributed by atoms with Gasteiger partial charge in [-0.25, -0.2) is 0 Å². The van der Waals surface area contributed by atoms with Crippen molar-refractivity contribution in [3.05, 3.63) is 23.2 Å². The van der Waals surface area contributed by atoms with Crippen molar-refractivity contribution >= 4 is 28.9 Å². The number of anilines is 2. The van der Waals surface area contributed by atoms with Gasteiger partial charge < -0.3 is 16.0 Å². The number of benzene rings is 1. The van der Waals surface area contributed by atoms with E-state index in [2.05, 4.69) is 5.32 Å². The molecule has 5 heteroatoms. The molecule has 0 radical (unpaired) electrons. The van der Waals surface area contributed by atoms with E-state index < -0.39 is 5.41 Å². The van der Waals surface area contributed by atoms with Crippen LogP contribution in [-0.4, -0.2) is 26.5 Å². The van der Waals surface area contributed by atoms with E-state index in [0.29, 0.717) is 17.3 Å². The van der Waals surface area contributed by atoms with Crippen LogP contribution in [0.1, 0.15) is 26.7 Å². The van der Waals surface area contributed by atoms with E-state index in [9.17, 15) is 4.79 Å². The zero-order valence-corrected chi connectivity index (χ0v) is 13.4. The molecule has 0 aliphatic heterocycles. The maximum atomic E-state index is 12.4. The average Bonchev–Trinajstić information content (AvgIpc) is 2.41. The lowest BCUT2D eigenvalue weighted by molar-refractivity contribution is -0.125. The summed E-state index contributed by atoms with van der Waals surface area (Å²) in [7, 11) is 3.85. The van der Waals surface area contributed by atoms with E-state index in [1.165, 1.54) is 0 Å². The monoisotopic (exact) mass is 297 g/mol. The summed E-state index contributed by atoms with van der Waals surface area (Å²) in [5, 5.41) is 3.53. The van der Waals surface area contributed by atoms with Crippen LogP contribution >= 0.6 is 11.6 Å². The van der Waals surface area contributed by atoms with Gasteiger partial charge in [-0.1, -0.05) is 25.4 Å². The lowest BCUT2D eigenvalue weighted by Gasteiger charge is -2.28. The highest BCUT2D eigenvalue weighted by Gasteiger charge is 2.33. The van der Waals surface area contributed by atoms with Crippen molar-refractivity contribution in [2.45, 2.75) is 26.7 Å². The lowest BCUT2D eigenvalue weighted by Crippen LogP contribution is -2.41. The first-order valence-corrected chi connectivity index (χ1v) is 7.26. The third-order valence-corrected chi connectivity index (χ3v) is 4.22. The molecule has 0 spiro atoms. The second-order valence-corrected chi connectivity index (χ2v) is 5.61. The Labute approximate surface area is 126 Å². The summed E-state index contributed by atoms with van der Waals surface area (Å²) in [6.07, 6.45) is 1.44. The van der Waals surface area contributed by atoms with E-state index in [-0.39, 0.29) is 5.91 Å². The van der Waals surface area contributed by atoms with Crippen LogP contribution in [0.4, 0.5) is 11.4 Å². The van der Waals surface area contributed by atoms with Gasteiger partial charge in [0.2, 0.25) is 5.91 Å². The predicted molar refractivity (Wildman–Crippen MR) is 86.5 cm³/mol. The molecular formula is C15H24ClN3O. The smallest absolute Gasteiger partial charge is 0.231 e. The summed E-state index contributed by atoms with van der Waals surface area (Å²) in [4.78, 5) is 14.3. The van der Waals surface area contributed by atoms with Crippen LogP contribution in [-0.2, 0) is 4.79 Å². The fourth-order valence-electron chi connectivity index (χ4n) is 2.16. The maximum Gasteiger partial charge on any atom is 0.231 e. The van der Waals surface area contributed by atoms with Gasteiger partial charge in [0, 0.05) is 26.3 Å². The Morgan fingerprint density at radius 1 is 1.35 bits per heavy atom. The molecule has 1 aromatic carbocycles. The number of nitrogens with zero attached hydrogens (tertiary/aromatic N) is 1. The van der Waals surface area contributed by atoms with Crippen molar-refractivity contribution in [2.24, 2.45) is 11.1 Å². The molecule has 112 valence electrons. The van der Waals surface area contributed by atoms with Crippen molar-refractivity contribution in [1.29, 1.82) is 0 Å². The summed E-state index contributed by atoms with van der Waals surface area (Å²) in [6, 6.07) is 5.51. The van der Waals surface area contributed by atoms with Gasteiger partial charge in [0.1, 0.15) is 0 Å². The van der Waals surface area contributed by atoms with Crippen LogP contribution < -0.4 is 16.0 Å². The summed E-state index contributed by atoms with van der Waals surface area (Å²) in [6.45, 7) is 4.31. The fourth-order valence-corrected chi connectivity index (χ4v) is 2.51. The molecule has 0 aliphatic carbocycles. The minimum atomic E-state index is -0.507. The number of nitrogens with two attached hydrogens (primary N) is 1. The maximum absolute atomic E-state index is 12.4. The van der Waals surface area contributed by atoms with Gasteiger partial charge in [0.15, 0.2) is 0 Å². The van der Waals surface area contributed by atoms with Crippen molar-refractivity contribution < 1.29 is 4.79 Å². The van der Waals surface area contributed by atoms with E-state index in [0.717, 1.165) is 18.5 Å². The van der Waals surface area contributed by atoms with Gasteiger partial charge >= 0.3 is 0 Å². The first-order chi connectivity index (χ1) is 9.40. The van der Waals surface area contributed by atoms with Gasteiger partial charge in [0.25, 0.3) is 0 Å². The number of carbonyl (C=O) groups excluding carboxylic acids is 1. The molecule has 0 fully saturated rings. The number of amides is 1. The molecule has 0 aromatic heterocycles. The van der Waals surface area contributed by atoms with E-state index in [4.69, 9.17) is 17.3 Å². The molecule has 3 N–H and O–H groups in total. The van der Waals surface area contributed by atoms with Crippen molar-refractivity contribution in [2.75, 3.05) is 30.9 Å². The van der Waals surface area contributed by atoms with Crippen LogP contribution in [0, 0.1) is 5.41 Å². The molecule has 1 aromatic rings. The zero-order valence-electron chi connectivity index (χ0n) is 12.7. The molecule has 0 atom stereocenters. The van der Waals surface area contributed by atoms with E-state index >= 15 is 0 Å². The second kappa shape index (κ2) is 6.95. The molecule has 0 bridgehead atoms. The van der Waals surface area contributed by atoms with Crippen LogP contribution in [0.2, 0.25) is 5.02 Å². The Bertz CT molecular complexity index is 462. The average molecular weight is 298 g/mol. The summed E-state index contributed by atoms with van der Waals surface area (Å²) < 4.78 is 0. The quantitative estimate of drug-likeness (QED) is 0.848. The predicted octanol–water partition coefficient (Wildman–Crippen LogP) is 3.11. The Hall–Kier alpha value is -1.26. The molecule has 0 saturated carbocycles. The number of hydrogen-bond acceptors (Lipinski definition) is 3. The Morgan fingerprint density at radius 2 is 1.95 bits per heavy atom. The first kappa shape index (κ1) is 16.8. The lowest BCUT2D eigenvalue weighted by atomic mass is 9.81. The van der Waals surface area contributed by atoms with Gasteiger partial charge in [-0.15, -0.1) is 0 Å². The largest absolute Gasteiger partial charge is 0.376 e. The molecule has 1 amide bonds. The summed E-state index contributed by atoms with van der Waals surface area (Å²) in [5.74, 6) is -0.0429. The third kappa shape index (κ3) is 3.44. The number of halogens is 1. The van der Waals surface area contributed by atoms with Crippen LogP contribution in [0.3, 0.4) is 0 Å². The molecule has 0 heterocycles. The van der Waals surface area contributed by atoms with E-state index in [1.54, 1.807) is 6.07 Å². The highest BCUT2D eigenvalue weighted by molar-refractivity contribution is 6.33. The molecule has 20 heavy (non-hydrogen) atoms. The Kier molecular flexibility index (Phi) is 5.84. The zero-order chi connectivity index (χ0) is 15.3. The standard InChI is InChI=1S/C15H24ClN3O/c1-5-15(6-2,10-17)14(20)18-11-7-8-13(19(3)4)12(16)9-11/h7-9H,5-6,10,17H2,1-4H3,(H,18,20). The third-order valence-electron chi connectivity index (χ3n) is 3.91. The molecular weight excluding hydrogens is 274 g/mol. The second-order valence-electron chi connectivity index (χ2n) is 5.21. The molecule has 0 unspecified atom stereocenters. The summed E-state index contributed by atoms with van der Waals surface area (Å²) in [5.41, 5.74) is 6.89. The van der Waals surface area contributed by atoms with Crippen molar-refractivity contribution in [3.63, 3.8) is 0 Å². The minimum absolute atomic E-state index is 0.0429. The minimum Gasteiger partial charge on any atom is -0.376 e. The van der Waals surface area contributed by atoms with Gasteiger partial charge in [-0.05, 0) is 31.0 Å². The fraction of sp³-hybridized carbons (Fsp3) is 0.533. The van der Waals surface area contributed by atoms with Crippen LogP contribution in [0.25, 0.3) is 0 Å². The van der Waals surface area contributed by atoms with Crippen LogP contribution in [0.15, 0.2) is 18.2 Å². The molecule has 0 saturated heterocycles. The van der Waals surface area contributed by atoms with E-state index in [1.807, 2.05) is 45.0 Å². The Balaban J connectivity index is 2.94. The molecule has 0 aliphatic rings. The van der Waals surface area contributed by atoms with Gasteiger partial charge in [0.05, 0.1) is 16.1 Å².